The molecular formula is C27H24O5. The third-order valence-electron chi connectivity index (χ3n) is 5.23. The second kappa shape index (κ2) is 8.35. The zero-order valence-corrected chi connectivity index (χ0v) is 18.5. The first-order chi connectivity index (χ1) is 15.2. The van der Waals surface area contributed by atoms with E-state index >= 15 is 0 Å². The summed E-state index contributed by atoms with van der Waals surface area (Å²) in [7, 11) is 1.58. The van der Waals surface area contributed by atoms with Crippen LogP contribution in [0, 0.1) is 0 Å². The molecule has 3 aromatic rings. The summed E-state index contributed by atoms with van der Waals surface area (Å²) in [6.07, 6.45) is 1.66. The number of allylic oxidation sites excluding steroid dienone is 1. The van der Waals surface area contributed by atoms with Crippen LogP contribution in [0.2, 0.25) is 0 Å². The average Bonchev–Trinajstić information content (AvgIpc) is 3.08. The molecule has 0 saturated heterocycles. The Morgan fingerprint density at radius 1 is 0.938 bits per heavy atom. The first-order valence-electron chi connectivity index (χ1n) is 10.3. The lowest BCUT2D eigenvalue weighted by atomic mass is 9.87. The first-order valence-corrected chi connectivity index (χ1v) is 10.3. The Bertz CT molecular complexity index is 1210. The molecule has 1 aliphatic rings. The number of hydrogen-bond donors (Lipinski definition) is 0. The molecule has 1 heterocycles. The summed E-state index contributed by atoms with van der Waals surface area (Å²) in [6.45, 7) is 6.34. The van der Waals surface area contributed by atoms with Gasteiger partial charge in [0, 0.05) is 6.07 Å². The Morgan fingerprint density at radius 3 is 2.38 bits per heavy atom. The standard InChI is InChI=1S/C27H24O5/c1-27(2,3)19-10-8-18(9-11-19)26(29)31-21-12-13-22-23(16-21)32-24(25(22)28)15-17-6-5-7-20(14-17)30-4/h5-16H,1-4H3. The third-order valence-corrected chi connectivity index (χ3v) is 5.23. The highest BCUT2D eigenvalue weighted by Gasteiger charge is 2.28. The maximum absolute atomic E-state index is 12.7. The van der Waals surface area contributed by atoms with E-state index in [-0.39, 0.29) is 17.0 Å². The van der Waals surface area contributed by atoms with Crippen molar-refractivity contribution in [2.75, 3.05) is 7.11 Å². The number of carbonyl (C=O) groups is 2. The number of ether oxygens (including phenoxy) is 3. The Kier molecular flexibility index (Phi) is 5.57. The van der Waals surface area contributed by atoms with Gasteiger partial charge in [-0.25, -0.2) is 4.79 Å². The highest BCUT2D eigenvalue weighted by atomic mass is 16.5. The van der Waals surface area contributed by atoms with Crippen LogP contribution in [-0.2, 0) is 5.41 Å². The number of benzene rings is 3. The van der Waals surface area contributed by atoms with Gasteiger partial charge in [0.25, 0.3) is 0 Å². The van der Waals surface area contributed by atoms with Crippen molar-refractivity contribution < 1.29 is 23.8 Å². The molecule has 0 spiro atoms. The molecule has 4 rings (SSSR count). The molecule has 0 atom stereocenters. The van der Waals surface area contributed by atoms with E-state index in [4.69, 9.17) is 14.2 Å². The molecule has 5 heteroatoms. The van der Waals surface area contributed by atoms with E-state index < -0.39 is 5.97 Å². The van der Waals surface area contributed by atoms with Gasteiger partial charge in [0.05, 0.1) is 18.2 Å². The van der Waals surface area contributed by atoms with Crippen molar-refractivity contribution in [2.24, 2.45) is 0 Å². The Balaban J connectivity index is 1.51. The molecule has 0 unspecified atom stereocenters. The van der Waals surface area contributed by atoms with Crippen LogP contribution in [0.3, 0.4) is 0 Å². The molecule has 0 aromatic heterocycles. The van der Waals surface area contributed by atoms with Crippen LogP contribution in [0.15, 0.2) is 72.5 Å². The third kappa shape index (κ3) is 4.42. The number of esters is 1. The molecule has 1 aliphatic heterocycles. The monoisotopic (exact) mass is 428 g/mol. The van der Waals surface area contributed by atoms with Crippen molar-refractivity contribution >= 4 is 17.8 Å². The normalized spacial score (nSPS) is 14.1. The van der Waals surface area contributed by atoms with E-state index in [1.807, 2.05) is 36.4 Å². The van der Waals surface area contributed by atoms with Gasteiger partial charge in [0.15, 0.2) is 5.76 Å². The predicted molar refractivity (Wildman–Crippen MR) is 122 cm³/mol. The molecule has 0 radical (unpaired) electrons. The van der Waals surface area contributed by atoms with Gasteiger partial charge in [-0.3, -0.25) is 4.79 Å². The number of Topliss-reactive ketones (excluding diaryl/α,β-unsaturated/α-hetero) is 1. The maximum atomic E-state index is 12.7. The number of rotatable bonds is 4. The fraction of sp³-hybridized carbons (Fsp3) is 0.185. The predicted octanol–water partition coefficient (Wildman–Crippen LogP) is 5.83. The number of hydrogen-bond acceptors (Lipinski definition) is 5. The fourth-order valence-electron chi connectivity index (χ4n) is 3.39. The topological polar surface area (TPSA) is 61.8 Å². The fourth-order valence-corrected chi connectivity index (χ4v) is 3.39. The Morgan fingerprint density at radius 2 is 1.69 bits per heavy atom. The summed E-state index contributed by atoms with van der Waals surface area (Å²) in [5.74, 6) is 0.864. The molecule has 32 heavy (non-hydrogen) atoms. The molecule has 0 saturated carbocycles. The molecule has 5 nitrogen and oxygen atoms in total. The van der Waals surface area contributed by atoms with Crippen molar-refractivity contribution in [3.63, 3.8) is 0 Å². The average molecular weight is 428 g/mol. The van der Waals surface area contributed by atoms with E-state index in [0.29, 0.717) is 28.4 Å². The van der Waals surface area contributed by atoms with Crippen LogP contribution in [-0.4, -0.2) is 18.9 Å². The highest BCUT2D eigenvalue weighted by Crippen LogP contribution is 2.35. The van der Waals surface area contributed by atoms with Gasteiger partial charge in [0.1, 0.15) is 17.2 Å². The van der Waals surface area contributed by atoms with Crippen molar-refractivity contribution in [3.8, 4) is 17.2 Å². The number of ketones is 1. The minimum atomic E-state index is -0.470. The van der Waals surface area contributed by atoms with E-state index in [1.54, 1.807) is 43.5 Å². The van der Waals surface area contributed by atoms with Crippen LogP contribution < -0.4 is 14.2 Å². The summed E-state index contributed by atoms with van der Waals surface area (Å²) in [6, 6.07) is 19.4. The van der Waals surface area contributed by atoms with Gasteiger partial charge >= 0.3 is 5.97 Å². The van der Waals surface area contributed by atoms with Gasteiger partial charge < -0.3 is 14.2 Å². The quantitative estimate of drug-likeness (QED) is 0.297. The van der Waals surface area contributed by atoms with Crippen LogP contribution in [0.25, 0.3) is 6.08 Å². The highest BCUT2D eigenvalue weighted by molar-refractivity contribution is 6.14. The van der Waals surface area contributed by atoms with Gasteiger partial charge in [-0.05, 0) is 59.0 Å². The van der Waals surface area contributed by atoms with Crippen molar-refractivity contribution in [2.45, 2.75) is 26.2 Å². The number of carbonyl (C=O) groups excluding carboxylic acids is 2. The second-order valence-corrected chi connectivity index (χ2v) is 8.59. The number of fused-ring (bicyclic) bond motifs is 1. The van der Waals surface area contributed by atoms with Crippen LogP contribution in [0.4, 0.5) is 0 Å². The lowest BCUT2D eigenvalue weighted by Crippen LogP contribution is -2.12. The largest absolute Gasteiger partial charge is 0.497 e. The minimum Gasteiger partial charge on any atom is -0.497 e. The minimum absolute atomic E-state index is 0.00238. The van der Waals surface area contributed by atoms with Crippen LogP contribution in [0.5, 0.6) is 17.2 Å². The zero-order chi connectivity index (χ0) is 22.9. The molecule has 3 aromatic carbocycles. The molecule has 0 fully saturated rings. The Hall–Kier alpha value is -3.86. The zero-order valence-electron chi connectivity index (χ0n) is 18.5. The summed E-state index contributed by atoms with van der Waals surface area (Å²) in [5, 5.41) is 0. The van der Waals surface area contributed by atoms with E-state index in [2.05, 4.69) is 20.8 Å². The molecule has 0 N–H and O–H groups in total. The van der Waals surface area contributed by atoms with Gasteiger partial charge in [0.2, 0.25) is 5.78 Å². The number of methoxy groups -OCH3 is 1. The summed E-state index contributed by atoms with van der Waals surface area (Å²) < 4.78 is 16.5. The van der Waals surface area contributed by atoms with Crippen molar-refractivity contribution in [1.29, 1.82) is 0 Å². The lowest BCUT2D eigenvalue weighted by molar-refractivity contribution is 0.0734. The second-order valence-electron chi connectivity index (χ2n) is 8.59. The van der Waals surface area contributed by atoms with Crippen LogP contribution >= 0.6 is 0 Å². The molecular weight excluding hydrogens is 404 g/mol. The van der Waals surface area contributed by atoms with Gasteiger partial charge in [-0.1, -0.05) is 45.0 Å². The maximum Gasteiger partial charge on any atom is 0.343 e. The lowest BCUT2D eigenvalue weighted by Gasteiger charge is -2.18. The Labute approximate surface area is 187 Å². The van der Waals surface area contributed by atoms with Gasteiger partial charge in [-0.2, -0.15) is 0 Å². The molecule has 162 valence electrons. The van der Waals surface area contributed by atoms with E-state index in [1.165, 1.54) is 0 Å². The molecule has 0 amide bonds. The SMILES string of the molecule is COc1cccc(C=C2Oc3cc(OC(=O)c4ccc(C(C)(C)C)cc4)ccc3C2=O)c1. The summed E-state index contributed by atoms with van der Waals surface area (Å²) >= 11 is 0. The van der Waals surface area contributed by atoms with E-state index in [0.717, 1.165) is 11.1 Å². The van der Waals surface area contributed by atoms with Crippen molar-refractivity contribution in [1.82, 2.24) is 0 Å². The summed E-state index contributed by atoms with van der Waals surface area (Å²) in [4.78, 5) is 25.2. The first kappa shape index (κ1) is 21.4. The smallest absolute Gasteiger partial charge is 0.343 e. The van der Waals surface area contributed by atoms with Crippen LogP contribution in [0.1, 0.15) is 52.6 Å². The molecule has 0 bridgehead atoms. The summed E-state index contributed by atoms with van der Waals surface area (Å²) in [5.41, 5.74) is 2.80. The molecule has 0 aliphatic carbocycles. The van der Waals surface area contributed by atoms with Crippen molar-refractivity contribution in [3.05, 3.63) is 94.7 Å². The van der Waals surface area contributed by atoms with Gasteiger partial charge in [-0.15, -0.1) is 0 Å². The van der Waals surface area contributed by atoms with E-state index in [9.17, 15) is 9.59 Å².